The van der Waals surface area contributed by atoms with Crippen molar-refractivity contribution in [2.75, 3.05) is 5.32 Å². The Bertz CT molecular complexity index is 652. The summed E-state index contributed by atoms with van der Waals surface area (Å²) in [7, 11) is 0. The molecule has 0 aliphatic rings. The monoisotopic (exact) mass is 264 g/mol. The number of carbonyl (C=O) groups is 1. The number of amides is 1. The molecule has 0 spiro atoms. The number of aromatic nitrogens is 1. The zero-order chi connectivity index (χ0) is 13.1. The molecule has 1 heterocycles. The number of hydrogen-bond donors (Lipinski definition) is 3. The van der Waals surface area contributed by atoms with Gasteiger partial charge >= 0.3 is 0 Å². The van der Waals surface area contributed by atoms with Crippen molar-refractivity contribution >= 4 is 23.2 Å². The zero-order valence-corrected chi connectivity index (χ0v) is 9.86. The zero-order valence-electron chi connectivity index (χ0n) is 9.11. The minimum absolute atomic E-state index is 0.00746. The number of halogens is 1. The van der Waals surface area contributed by atoms with Crippen molar-refractivity contribution in [3.8, 4) is 5.75 Å². The molecule has 0 aliphatic heterocycles. The molecule has 2 aromatic rings. The van der Waals surface area contributed by atoms with Crippen LogP contribution in [0.3, 0.4) is 0 Å². The number of nitrogens with one attached hydrogen (secondary N) is 2. The van der Waals surface area contributed by atoms with Crippen LogP contribution in [0.4, 0.5) is 5.69 Å². The third-order valence-electron chi connectivity index (χ3n) is 2.27. The number of aromatic amines is 1. The minimum atomic E-state index is -0.557. The Morgan fingerprint density at radius 1 is 1.33 bits per heavy atom. The third-order valence-corrected chi connectivity index (χ3v) is 2.59. The third kappa shape index (κ3) is 2.52. The lowest BCUT2D eigenvalue weighted by molar-refractivity contribution is 0.102. The number of benzene rings is 1. The predicted molar refractivity (Wildman–Crippen MR) is 68.1 cm³/mol. The van der Waals surface area contributed by atoms with Crippen LogP contribution in [0, 0.1) is 0 Å². The van der Waals surface area contributed by atoms with Gasteiger partial charge in [-0.05, 0) is 24.3 Å². The molecule has 0 fully saturated rings. The van der Waals surface area contributed by atoms with E-state index in [0.29, 0.717) is 5.69 Å². The summed E-state index contributed by atoms with van der Waals surface area (Å²) < 4.78 is 0. The van der Waals surface area contributed by atoms with Crippen molar-refractivity contribution in [3.05, 3.63) is 57.5 Å². The van der Waals surface area contributed by atoms with Crippen LogP contribution in [0.1, 0.15) is 10.4 Å². The van der Waals surface area contributed by atoms with E-state index in [2.05, 4.69) is 10.3 Å². The van der Waals surface area contributed by atoms with Crippen molar-refractivity contribution in [1.29, 1.82) is 0 Å². The molecule has 1 amide bonds. The maximum absolute atomic E-state index is 11.8. The lowest BCUT2D eigenvalue weighted by Crippen LogP contribution is -2.22. The largest absolute Gasteiger partial charge is 0.506 e. The summed E-state index contributed by atoms with van der Waals surface area (Å²) in [4.78, 5) is 25.6. The Labute approximate surface area is 107 Å². The molecule has 1 aromatic carbocycles. The summed E-state index contributed by atoms with van der Waals surface area (Å²) in [5, 5.41) is 12.1. The van der Waals surface area contributed by atoms with Gasteiger partial charge in [-0.25, -0.2) is 0 Å². The van der Waals surface area contributed by atoms with Crippen LogP contribution in [0.2, 0.25) is 5.02 Å². The molecule has 0 bridgehead atoms. The quantitative estimate of drug-likeness (QED) is 0.776. The van der Waals surface area contributed by atoms with E-state index in [4.69, 9.17) is 11.6 Å². The van der Waals surface area contributed by atoms with Crippen LogP contribution >= 0.6 is 11.6 Å². The molecule has 2 rings (SSSR count). The highest BCUT2D eigenvalue weighted by Gasteiger charge is 2.10. The summed E-state index contributed by atoms with van der Waals surface area (Å²) >= 11 is 5.64. The van der Waals surface area contributed by atoms with Gasteiger partial charge in [0.05, 0.1) is 5.02 Å². The van der Waals surface area contributed by atoms with Gasteiger partial charge in [-0.15, -0.1) is 0 Å². The fourth-order valence-corrected chi connectivity index (χ4v) is 1.51. The minimum Gasteiger partial charge on any atom is -0.506 e. The number of anilines is 1. The van der Waals surface area contributed by atoms with E-state index >= 15 is 0 Å². The van der Waals surface area contributed by atoms with Gasteiger partial charge in [0.15, 0.2) is 0 Å². The van der Waals surface area contributed by atoms with E-state index < -0.39 is 11.5 Å². The molecular weight excluding hydrogens is 256 g/mol. The highest BCUT2D eigenvalue weighted by Crippen LogP contribution is 2.26. The second-order valence-corrected chi connectivity index (χ2v) is 3.94. The first-order chi connectivity index (χ1) is 8.58. The van der Waals surface area contributed by atoms with Crippen molar-refractivity contribution in [2.45, 2.75) is 0 Å². The SMILES string of the molecule is O=C(Nc1ccc(Cl)c(O)c1)c1ccc[nH]c1=O. The number of phenolic OH excluding ortho intramolecular Hbond substituents is 1. The number of rotatable bonds is 2. The lowest BCUT2D eigenvalue weighted by atomic mass is 10.2. The molecule has 18 heavy (non-hydrogen) atoms. The number of phenols is 1. The smallest absolute Gasteiger partial charge is 0.261 e. The fraction of sp³-hybridized carbons (Fsp3) is 0. The number of H-pyrrole nitrogens is 1. The lowest BCUT2D eigenvalue weighted by Gasteiger charge is -2.05. The molecule has 0 saturated heterocycles. The van der Waals surface area contributed by atoms with Crippen LogP contribution in [-0.2, 0) is 0 Å². The number of carbonyl (C=O) groups excluding carboxylic acids is 1. The van der Waals surface area contributed by atoms with Crippen LogP contribution < -0.4 is 10.9 Å². The van der Waals surface area contributed by atoms with Crippen LogP contribution in [0.5, 0.6) is 5.75 Å². The van der Waals surface area contributed by atoms with Gasteiger partial charge < -0.3 is 15.4 Å². The molecule has 0 unspecified atom stereocenters. The highest BCUT2D eigenvalue weighted by molar-refractivity contribution is 6.32. The fourth-order valence-electron chi connectivity index (χ4n) is 1.39. The average molecular weight is 265 g/mol. The van der Waals surface area contributed by atoms with Gasteiger partial charge in [0.25, 0.3) is 11.5 Å². The number of hydrogen-bond acceptors (Lipinski definition) is 3. The van der Waals surface area contributed by atoms with E-state index in [0.717, 1.165) is 0 Å². The van der Waals surface area contributed by atoms with Gasteiger partial charge in [-0.3, -0.25) is 9.59 Å². The Hall–Kier alpha value is -2.27. The molecule has 5 nitrogen and oxygen atoms in total. The van der Waals surface area contributed by atoms with Crippen molar-refractivity contribution in [2.24, 2.45) is 0 Å². The molecule has 0 aliphatic carbocycles. The van der Waals surface area contributed by atoms with E-state index in [9.17, 15) is 14.7 Å². The van der Waals surface area contributed by atoms with Crippen LogP contribution in [-0.4, -0.2) is 16.0 Å². The van der Waals surface area contributed by atoms with E-state index in [1.54, 1.807) is 6.07 Å². The number of pyridine rings is 1. The molecule has 3 N–H and O–H groups in total. The second-order valence-electron chi connectivity index (χ2n) is 3.53. The van der Waals surface area contributed by atoms with E-state index in [1.807, 2.05) is 0 Å². The van der Waals surface area contributed by atoms with E-state index in [-0.39, 0.29) is 16.3 Å². The molecular formula is C12H9ClN2O3. The summed E-state index contributed by atoms with van der Waals surface area (Å²) in [6.45, 7) is 0. The Balaban J connectivity index is 2.24. The number of aromatic hydroxyl groups is 1. The molecule has 6 heteroatoms. The van der Waals surface area contributed by atoms with Gasteiger partial charge in [-0.2, -0.15) is 0 Å². The highest BCUT2D eigenvalue weighted by atomic mass is 35.5. The normalized spacial score (nSPS) is 10.1. The van der Waals surface area contributed by atoms with Crippen molar-refractivity contribution in [1.82, 2.24) is 4.98 Å². The Morgan fingerprint density at radius 2 is 2.11 bits per heavy atom. The van der Waals surface area contributed by atoms with Crippen molar-refractivity contribution < 1.29 is 9.90 Å². The average Bonchev–Trinajstić information content (AvgIpc) is 2.34. The predicted octanol–water partition coefficient (Wildman–Crippen LogP) is 1.99. The summed E-state index contributed by atoms with van der Waals surface area (Å²) in [5.74, 6) is -0.699. The first kappa shape index (κ1) is 12.2. The summed E-state index contributed by atoms with van der Waals surface area (Å²) in [5.41, 5.74) is -0.134. The van der Waals surface area contributed by atoms with Gasteiger partial charge in [-0.1, -0.05) is 11.6 Å². The van der Waals surface area contributed by atoms with Gasteiger partial charge in [0, 0.05) is 18.0 Å². The standard InChI is InChI=1S/C12H9ClN2O3/c13-9-4-3-7(6-10(9)16)15-12(18)8-2-1-5-14-11(8)17/h1-6,16H,(H,14,17)(H,15,18). The molecule has 1 aromatic heterocycles. The molecule has 0 atom stereocenters. The van der Waals surface area contributed by atoms with Crippen molar-refractivity contribution in [3.63, 3.8) is 0 Å². The topological polar surface area (TPSA) is 82.2 Å². The van der Waals surface area contributed by atoms with Gasteiger partial charge in [0.1, 0.15) is 11.3 Å². The Kier molecular flexibility index (Phi) is 3.34. The molecule has 0 radical (unpaired) electrons. The van der Waals surface area contributed by atoms with Gasteiger partial charge in [0.2, 0.25) is 0 Å². The summed E-state index contributed by atoms with van der Waals surface area (Å²) in [6, 6.07) is 7.23. The van der Waals surface area contributed by atoms with E-state index in [1.165, 1.54) is 30.5 Å². The maximum Gasteiger partial charge on any atom is 0.261 e. The summed E-state index contributed by atoms with van der Waals surface area (Å²) in [6.07, 6.45) is 1.44. The van der Waals surface area contributed by atoms with Crippen LogP contribution in [0.15, 0.2) is 41.3 Å². The maximum atomic E-state index is 11.8. The first-order valence-electron chi connectivity index (χ1n) is 5.05. The Morgan fingerprint density at radius 3 is 2.78 bits per heavy atom. The first-order valence-corrected chi connectivity index (χ1v) is 5.43. The molecule has 92 valence electrons. The second kappa shape index (κ2) is 4.93. The van der Waals surface area contributed by atoms with Crippen LogP contribution in [0.25, 0.3) is 0 Å². The molecule has 0 saturated carbocycles.